The van der Waals surface area contributed by atoms with Crippen molar-refractivity contribution in [2.45, 2.75) is 112 Å². The molecule has 236 valence electrons. The summed E-state index contributed by atoms with van der Waals surface area (Å²) in [4.78, 5) is 55.0. The van der Waals surface area contributed by atoms with E-state index < -0.39 is 42.0 Å². The minimum atomic E-state index is -1.32. The van der Waals surface area contributed by atoms with Crippen LogP contribution in [0.15, 0.2) is 36.4 Å². The number of hydrogen-bond acceptors (Lipinski definition) is 5. The second kappa shape index (κ2) is 16.1. The van der Waals surface area contributed by atoms with Gasteiger partial charge in [0.2, 0.25) is 11.8 Å². The molecule has 0 saturated heterocycles. The van der Waals surface area contributed by atoms with Crippen LogP contribution in [0.2, 0.25) is 0 Å². The molecule has 0 radical (unpaired) electrons. The Morgan fingerprint density at radius 3 is 2.05 bits per heavy atom. The van der Waals surface area contributed by atoms with Gasteiger partial charge in [0.05, 0.1) is 6.42 Å². The second-order valence-corrected chi connectivity index (χ2v) is 12.3. The maximum Gasteiger partial charge on any atom is 0.408 e. The van der Waals surface area contributed by atoms with Crippen molar-refractivity contribution in [3.8, 4) is 0 Å². The number of primary amides is 1. The maximum atomic E-state index is 14.4. The number of alkyl carbamates (subject to hydrolysis) is 1. The molecule has 4 N–H and O–H groups in total. The van der Waals surface area contributed by atoms with Gasteiger partial charge < -0.3 is 26.0 Å². The minimum Gasteiger partial charge on any atom is -0.444 e. The van der Waals surface area contributed by atoms with Gasteiger partial charge in [0.1, 0.15) is 17.7 Å². The van der Waals surface area contributed by atoms with E-state index in [4.69, 9.17) is 10.5 Å². The number of nitrogens with one attached hydrogen (secondary N) is 2. The van der Waals surface area contributed by atoms with Crippen LogP contribution in [0.4, 0.5) is 10.5 Å². The lowest BCUT2D eigenvalue weighted by atomic mass is 9.94. The van der Waals surface area contributed by atoms with E-state index in [1.807, 2.05) is 64.1 Å². The van der Waals surface area contributed by atoms with Gasteiger partial charge in [0.15, 0.2) is 0 Å². The number of ether oxygens (including phenoxy) is 1. The number of hydrogen-bond donors (Lipinski definition) is 3. The van der Waals surface area contributed by atoms with E-state index >= 15 is 0 Å². The molecule has 0 aromatic heterocycles. The molecular formula is C34H50N4O5. The Kier molecular flexibility index (Phi) is 13.2. The van der Waals surface area contributed by atoms with E-state index in [0.717, 1.165) is 47.9 Å². The van der Waals surface area contributed by atoms with E-state index in [0.29, 0.717) is 17.7 Å². The van der Waals surface area contributed by atoms with Gasteiger partial charge in [0, 0.05) is 12.2 Å². The highest BCUT2D eigenvalue weighted by molar-refractivity contribution is 6.00. The van der Waals surface area contributed by atoms with Crippen LogP contribution < -0.4 is 16.4 Å². The van der Waals surface area contributed by atoms with Crippen LogP contribution in [0, 0.1) is 27.7 Å². The Balaban J connectivity index is 2.64. The van der Waals surface area contributed by atoms with Gasteiger partial charge in [-0.05, 0) is 82.7 Å². The van der Waals surface area contributed by atoms with Crippen molar-refractivity contribution in [3.05, 3.63) is 64.2 Å². The third-order valence-corrected chi connectivity index (χ3v) is 7.41. The standard InChI is InChI=1S/C34H50N4O5/c1-9-10-11-12-13-20-38(32(41)27(21-28(35)39)36-33(42)43-34(6,7)8)30(26-19-15-16-22(2)25(26)5)31(40)37-29-23(3)17-14-18-24(29)4/h14-19,27,30H,9-13,20-21H2,1-8H3,(H2,35,39)(H,36,42)(H,37,40). The molecule has 4 amide bonds. The number of carbonyl (C=O) groups is 4. The number of anilines is 1. The molecule has 0 aliphatic rings. The molecule has 9 heteroatoms. The highest BCUT2D eigenvalue weighted by Crippen LogP contribution is 2.30. The Morgan fingerprint density at radius 2 is 1.47 bits per heavy atom. The Labute approximate surface area is 256 Å². The third kappa shape index (κ3) is 10.7. The molecule has 2 aromatic rings. The van der Waals surface area contributed by atoms with Gasteiger partial charge in [-0.2, -0.15) is 0 Å². The molecule has 0 bridgehead atoms. The first-order chi connectivity index (χ1) is 20.2. The van der Waals surface area contributed by atoms with Crippen LogP contribution in [0.3, 0.4) is 0 Å². The summed E-state index contributed by atoms with van der Waals surface area (Å²) in [6.07, 6.45) is 3.32. The fraction of sp³-hybridized carbons (Fsp3) is 0.529. The largest absolute Gasteiger partial charge is 0.444 e. The van der Waals surface area contributed by atoms with Gasteiger partial charge in [-0.25, -0.2) is 4.79 Å². The molecule has 0 aliphatic carbocycles. The summed E-state index contributed by atoms with van der Waals surface area (Å²) in [6, 6.07) is 9.07. The highest BCUT2D eigenvalue weighted by atomic mass is 16.6. The highest BCUT2D eigenvalue weighted by Gasteiger charge is 2.37. The summed E-state index contributed by atoms with van der Waals surface area (Å²) in [5.41, 5.74) is 9.69. The summed E-state index contributed by atoms with van der Waals surface area (Å²) in [7, 11) is 0. The van der Waals surface area contributed by atoms with Crippen LogP contribution in [-0.2, 0) is 19.1 Å². The zero-order valence-corrected chi connectivity index (χ0v) is 27.1. The first-order valence-electron chi connectivity index (χ1n) is 15.2. The minimum absolute atomic E-state index is 0.242. The fourth-order valence-electron chi connectivity index (χ4n) is 5.03. The van der Waals surface area contributed by atoms with E-state index in [1.54, 1.807) is 20.8 Å². The number of unbranched alkanes of at least 4 members (excludes halogenated alkanes) is 4. The normalized spacial score (nSPS) is 12.7. The second-order valence-electron chi connectivity index (χ2n) is 12.3. The van der Waals surface area contributed by atoms with E-state index in [1.165, 1.54) is 4.90 Å². The number of amides is 4. The van der Waals surface area contributed by atoms with Gasteiger partial charge >= 0.3 is 6.09 Å². The summed E-state index contributed by atoms with van der Waals surface area (Å²) >= 11 is 0. The topological polar surface area (TPSA) is 131 Å². The number of para-hydroxylation sites is 1. The molecular weight excluding hydrogens is 544 g/mol. The van der Waals surface area contributed by atoms with Crippen LogP contribution in [0.1, 0.15) is 100 Å². The molecule has 2 rings (SSSR count). The molecule has 2 aromatic carbocycles. The molecule has 0 spiro atoms. The van der Waals surface area contributed by atoms with Crippen molar-refractivity contribution in [1.82, 2.24) is 10.2 Å². The van der Waals surface area contributed by atoms with Gasteiger partial charge in [-0.3, -0.25) is 14.4 Å². The van der Waals surface area contributed by atoms with Crippen molar-refractivity contribution in [3.63, 3.8) is 0 Å². The number of carbonyl (C=O) groups excluding carboxylic acids is 4. The summed E-state index contributed by atoms with van der Waals surface area (Å²) in [5.74, 6) is -1.73. The number of rotatable bonds is 14. The average molecular weight is 595 g/mol. The van der Waals surface area contributed by atoms with Crippen molar-refractivity contribution in [1.29, 1.82) is 0 Å². The summed E-state index contributed by atoms with van der Waals surface area (Å²) in [5, 5.41) is 5.64. The fourth-order valence-corrected chi connectivity index (χ4v) is 5.03. The summed E-state index contributed by atoms with van der Waals surface area (Å²) in [6.45, 7) is 15.2. The Hall–Kier alpha value is -3.88. The number of aryl methyl sites for hydroxylation is 3. The quantitative estimate of drug-likeness (QED) is 0.225. The molecule has 0 heterocycles. The van der Waals surface area contributed by atoms with Crippen LogP contribution in [-0.4, -0.2) is 46.9 Å². The molecule has 0 saturated carbocycles. The summed E-state index contributed by atoms with van der Waals surface area (Å²) < 4.78 is 5.39. The van der Waals surface area contributed by atoms with Gasteiger partial charge in [-0.1, -0.05) is 69.0 Å². The third-order valence-electron chi connectivity index (χ3n) is 7.41. The lowest BCUT2D eigenvalue weighted by Crippen LogP contribution is -2.53. The average Bonchev–Trinajstić information content (AvgIpc) is 2.90. The van der Waals surface area contributed by atoms with Crippen molar-refractivity contribution in [2.75, 3.05) is 11.9 Å². The number of nitrogens with two attached hydrogens (primary N) is 1. The molecule has 2 atom stereocenters. The lowest BCUT2D eigenvalue weighted by molar-refractivity contribution is -0.142. The molecule has 0 fully saturated rings. The smallest absolute Gasteiger partial charge is 0.408 e. The molecule has 2 unspecified atom stereocenters. The van der Waals surface area contributed by atoms with Crippen molar-refractivity contribution in [2.24, 2.45) is 5.73 Å². The number of benzene rings is 2. The monoisotopic (exact) mass is 594 g/mol. The number of nitrogens with zero attached hydrogens (tertiary/aromatic N) is 1. The maximum absolute atomic E-state index is 14.4. The van der Waals surface area contributed by atoms with Crippen LogP contribution >= 0.6 is 0 Å². The first-order valence-corrected chi connectivity index (χ1v) is 15.2. The zero-order chi connectivity index (χ0) is 32.3. The first kappa shape index (κ1) is 35.3. The Morgan fingerprint density at radius 1 is 0.884 bits per heavy atom. The van der Waals surface area contributed by atoms with E-state index in [-0.39, 0.29) is 12.5 Å². The molecule has 9 nitrogen and oxygen atoms in total. The molecule has 0 aliphatic heterocycles. The SMILES string of the molecule is CCCCCCCN(C(=O)C(CC(N)=O)NC(=O)OC(C)(C)C)C(C(=O)Nc1c(C)cccc1C)c1cccc(C)c1C. The predicted octanol–water partition coefficient (Wildman–Crippen LogP) is 6.17. The van der Waals surface area contributed by atoms with Crippen molar-refractivity contribution >= 4 is 29.5 Å². The Bertz CT molecular complexity index is 1260. The van der Waals surface area contributed by atoms with Gasteiger partial charge in [0.25, 0.3) is 5.91 Å². The zero-order valence-electron chi connectivity index (χ0n) is 27.1. The van der Waals surface area contributed by atoms with Gasteiger partial charge in [-0.15, -0.1) is 0 Å². The van der Waals surface area contributed by atoms with Crippen molar-refractivity contribution < 1.29 is 23.9 Å². The van der Waals surface area contributed by atoms with Crippen LogP contribution in [0.5, 0.6) is 0 Å². The predicted molar refractivity (Wildman–Crippen MR) is 171 cm³/mol. The van der Waals surface area contributed by atoms with E-state index in [9.17, 15) is 19.2 Å². The lowest BCUT2D eigenvalue weighted by Gasteiger charge is -2.35. The van der Waals surface area contributed by atoms with Crippen LogP contribution in [0.25, 0.3) is 0 Å². The molecule has 43 heavy (non-hydrogen) atoms. The van der Waals surface area contributed by atoms with E-state index in [2.05, 4.69) is 17.6 Å².